The molecule has 1 aliphatic carbocycles. The van der Waals surface area contributed by atoms with Crippen molar-refractivity contribution in [2.45, 2.75) is 56.5 Å². The summed E-state index contributed by atoms with van der Waals surface area (Å²) in [6.45, 7) is 2.52. The van der Waals surface area contributed by atoms with Crippen LogP contribution in [0.3, 0.4) is 0 Å². The third kappa shape index (κ3) is 6.83. The number of alkyl halides is 3. The van der Waals surface area contributed by atoms with Crippen LogP contribution in [0, 0.1) is 0 Å². The van der Waals surface area contributed by atoms with E-state index < -0.39 is 22.5 Å². The van der Waals surface area contributed by atoms with Crippen molar-refractivity contribution in [3.05, 3.63) is 35.4 Å². The second-order valence-corrected chi connectivity index (χ2v) is 8.75. The number of hydrogen-bond acceptors (Lipinski definition) is 2. The normalized spacial score (nSPS) is 22.3. The maximum Gasteiger partial charge on any atom is 0.416 e. The Bertz CT molecular complexity index is 647. The first kappa shape index (κ1) is 21.7. The van der Waals surface area contributed by atoms with Crippen LogP contribution in [0.4, 0.5) is 13.2 Å². The van der Waals surface area contributed by atoms with Gasteiger partial charge in [0.15, 0.2) is 5.96 Å². The summed E-state index contributed by atoms with van der Waals surface area (Å²) < 4.78 is 49.8. The van der Waals surface area contributed by atoms with Crippen molar-refractivity contribution >= 4 is 16.8 Å². The lowest BCUT2D eigenvalue weighted by Gasteiger charge is -2.30. The van der Waals surface area contributed by atoms with Gasteiger partial charge < -0.3 is 10.6 Å². The minimum atomic E-state index is -4.30. The summed E-state index contributed by atoms with van der Waals surface area (Å²) in [4.78, 5) is 4.22. The predicted molar refractivity (Wildman–Crippen MR) is 104 cm³/mol. The number of benzene rings is 1. The molecule has 27 heavy (non-hydrogen) atoms. The summed E-state index contributed by atoms with van der Waals surface area (Å²) >= 11 is 0. The first-order valence-electron chi connectivity index (χ1n) is 9.34. The van der Waals surface area contributed by atoms with Crippen molar-refractivity contribution in [3.8, 4) is 0 Å². The van der Waals surface area contributed by atoms with Crippen LogP contribution in [0.25, 0.3) is 0 Å². The largest absolute Gasteiger partial charge is 0.416 e. The number of rotatable bonds is 6. The molecule has 1 saturated carbocycles. The summed E-state index contributed by atoms with van der Waals surface area (Å²) in [5, 5.41) is 6.84. The van der Waals surface area contributed by atoms with Gasteiger partial charge in [0, 0.05) is 41.4 Å². The second kappa shape index (κ2) is 10.1. The molecule has 0 aromatic heterocycles. The fraction of sp³-hybridized carbons (Fsp3) is 0.632. The summed E-state index contributed by atoms with van der Waals surface area (Å²) in [6, 6.07) is 5.48. The quantitative estimate of drug-likeness (QED) is 0.565. The molecule has 0 radical (unpaired) electrons. The van der Waals surface area contributed by atoms with E-state index in [0.717, 1.165) is 43.4 Å². The van der Waals surface area contributed by atoms with Gasteiger partial charge in [-0.3, -0.25) is 9.20 Å². The molecule has 0 spiro atoms. The first-order valence-corrected chi connectivity index (χ1v) is 10.7. The van der Waals surface area contributed by atoms with E-state index in [1.54, 1.807) is 7.05 Å². The van der Waals surface area contributed by atoms with Gasteiger partial charge in [-0.1, -0.05) is 25.5 Å². The van der Waals surface area contributed by atoms with Crippen LogP contribution in [-0.4, -0.2) is 40.8 Å². The molecule has 1 aliphatic rings. The Labute approximate surface area is 161 Å². The Morgan fingerprint density at radius 1 is 1.26 bits per heavy atom. The van der Waals surface area contributed by atoms with Crippen LogP contribution in [0.1, 0.15) is 43.7 Å². The van der Waals surface area contributed by atoms with Crippen LogP contribution in [-0.2, 0) is 23.4 Å². The zero-order chi connectivity index (χ0) is 19.9. The number of nitrogens with zero attached hydrogens (tertiary/aromatic N) is 1. The molecule has 2 N–H and O–H groups in total. The van der Waals surface area contributed by atoms with E-state index in [1.807, 2.05) is 6.92 Å². The first-order chi connectivity index (χ1) is 12.8. The van der Waals surface area contributed by atoms with Crippen molar-refractivity contribution in [1.29, 1.82) is 0 Å². The molecule has 152 valence electrons. The molecule has 1 aromatic rings. The smallest absolute Gasteiger partial charge is 0.356 e. The summed E-state index contributed by atoms with van der Waals surface area (Å²) in [5.74, 6) is 1.37. The van der Waals surface area contributed by atoms with E-state index in [-0.39, 0.29) is 11.3 Å². The molecule has 2 rings (SSSR count). The molecule has 1 fully saturated rings. The minimum Gasteiger partial charge on any atom is -0.356 e. The van der Waals surface area contributed by atoms with E-state index in [4.69, 9.17) is 0 Å². The van der Waals surface area contributed by atoms with Crippen molar-refractivity contribution < 1.29 is 17.4 Å². The Morgan fingerprint density at radius 3 is 2.56 bits per heavy atom. The summed E-state index contributed by atoms with van der Waals surface area (Å²) in [5.41, 5.74) is 0.204. The maximum atomic E-state index is 12.6. The highest BCUT2D eigenvalue weighted by Gasteiger charge is 2.30. The van der Waals surface area contributed by atoms with E-state index in [1.165, 1.54) is 12.1 Å². The van der Waals surface area contributed by atoms with E-state index in [0.29, 0.717) is 24.7 Å². The minimum absolute atomic E-state index is 0.242. The van der Waals surface area contributed by atoms with Gasteiger partial charge in [-0.2, -0.15) is 13.2 Å². The van der Waals surface area contributed by atoms with Gasteiger partial charge in [0.25, 0.3) is 0 Å². The summed E-state index contributed by atoms with van der Waals surface area (Å²) in [7, 11) is 0.922. The lowest BCUT2D eigenvalue weighted by atomic mass is 9.95. The molecule has 3 unspecified atom stereocenters. The van der Waals surface area contributed by atoms with Gasteiger partial charge in [-0.15, -0.1) is 0 Å². The summed E-state index contributed by atoms with van der Waals surface area (Å²) in [6.07, 6.45) is 0.264. The highest BCUT2D eigenvalue weighted by molar-refractivity contribution is 7.85. The standard InChI is InChI=1S/C19H28F3N3OS/c1-3-27(26)17-6-4-5-16(13-17)25-18(23-2)24-12-11-14-7-9-15(10-8-14)19(20,21)22/h7-10,16-17H,3-6,11-13H2,1-2H3,(H2,23,24,25). The van der Waals surface area contributed by atoms with Crippen LogP contribution in [0.15, 0.2) is 29.3 Å². The molecular weight excluding hydrogens is 375 g/mol. The molecule has 0 amide bonds. The number of hydrogen-bond donors (Lipinski definition) is 2. The molecule has 0 aliphatic heterocycles. The van der Waals surface area contributed by atoms with E-state index in [2.05, 4.69) is 15.6 Å². The lowest BCUT2D eigenvalue weighted by Crippen LogP contribution is -2.47. The number of nitrogens with one attached hydrogen (secondary N) is 2. The molecule has 3 atom stereocenters. The van der Waals surface area contributed by atoms with Gasteiger partial charge in [0.1, 0.15) is 0 Å². The van der Waals surface area contributed by atoms with Crippen LogP contribution < -0.4 is 10.6 Å². The maximum absolute atomic E-state index is 12.6. The van der Waals surface area contributed by atoms with Gasteiger partial charge >= 0.3 is 6.18 Å². The highest BCUT2D eigenvalue weighted by Crippen LogP contribution is 2.29. The van der Waals surface area contributed by atoms with E-state index in [9.17, 15) is 17.4 Å². The number of halogens is 3. The van der Waals surface area contributed by atoms with Crippen molar-refractivity contribution in [2.75, 3.05) is 19.3 Å². The van der Waals surface area contributed by atoms with Crippen LogP contribution in [0.5, 0.6) is 0 Å². The van der Waals surface area contributed by atoms with Crippen molar-refractivity contribution in [1.82, 2.24) is 10.6 Å². The van der Waals surface area contributed by atoms with Crippen molar-refractivity contribution in [3.63, 3.8) is 0 Å². The molecular formula is C19H28F3N3OS. The average molecular weight is 404 g/mol. The Balaban J connectivity index is 1.79. The molecule has 4 nitrogen and oxygen atoms in total. The van der Waals surface area contributed by atoms with Crippen molar-refractivity contribution in [2.24, 2.45) is 4.99 Å². The zero-order valence-electron chi connectivity index (χ0n) is 15.8. The van der Waals surface area contributed by atoms with Gasteiger partial charge in [0.2, 0.25) is 0 Å². The lowest BCUT2D eigenvalue weighted by molar-refractivity contribution is -0.137. The van der Waals surface area contributed by atoms with Gasteiger partial charge in [-0.25, -0.2) is 0 Å². The monoisotopic (exact) mass is 403 g/mol. The highest BCUT2D eigenvalue weighted by atomic mass is 32.2. The average Bonchev–Trinajstić information content (AvgIpc) is 2.66. The Morgan fingerprint density at radius 2 is 1.96 bits per heavy atom. The zero-order valence-corrected chi connectivity index (χ0v) is 16.6. The number of aliphatic imine (C=N–C) groups is 1. The molecule has 8 heteroatoms. The molecule has 1 aromatic carbocycles. The third-order valence-corrected chi connectivity index (χ3v) is 6.57. The van der Waals surface area contributed by atoms with Crippen LogP contribution >= 0.6 is 0 Å². The molecule has 0 heterocycles. The predicted octanol–water partition coefficient (Wildman–Crippen LogP) is 3.49. The topological polar surface area (TPSA) is 53.5 Å². The number of guanidine groups is 1. The Hall–Kier alpha value is -1.57. The van der Waals surface area contributed by atoms with Gasteiger partial charge in [-0.05, 0) is 43.4 Å². The molecule has 0 saturated heterocycles. The second-order valence-electron chi connectivity index (χ2n) is 6.74. The van der Waals surface area contributed by atoms with E-state index >= 15 is 0 Å². The fourth-order valence-corrected chi connectivity index (χ4v) is 4.67. The Kier molecular flexibility index (Phi) is 8.13. The fourth-order valence-electron chi connectivity index (χ4n) is 3.32. The SMILES string of the molecule is CCS(=O)C1CCCC(NC(=NC)NCCc2ccc(C(F)(F)F)cc2)C1. The molecule has 0 bridgehead atoms. The van der Waals surface area contributed by atoms with Gasteiger partial charge in [0.05, 0.1) is 5.56 Å². The van der Waals surface area contributed by atoms with Crippen LogP contribution in [0.2, 0.25) is 0 Å². The third-order valence-electron chi connectivity index (χ3n) is 4.83.